The molecule has 174 valence electrons. The van der Waals surface area contributed by atoms with Gasteiger partial charge < -0.3 is 15.3 Å². The maximum absolute atomic E-state index is 13.8. The Morgan fingerprint density at radius 3 is 2.37 bits per heavy atom. The molecule has 0 saturated carbocycles. The molecule has 1 aliphatic heterocycles. The van der Waals surface area contributed by atoms with E-state index in [-0.39, 0.29) is 22.8 Å². The van der Waals surface area contributed by atoms with Gasteiger partial charge in [-0.25, -0.2) is 4.98 Å². The van der Waals surface area contributed by atoms with E-state index >= 15 is 0 Å². The van der Waals surface area contributed by atoms with Crippen molar-refractivity contribution in [1.82, 2.24) is 4.98 Å². The third kappa shape index (κ3) is 3.83. The van der Waals surface area contributed by atoms with Crippen molar-refractivity contribution in [1.29, 1.82) is 0 Å². The normalized spacial score (nSPS) is 15.6. The predicted molar refractivity (Wildman–Crippen MR) is 133 cm³/mol. The maximum Gasteiger partial charge on any atom is 0.294 e. The first-order chi connectivity index (χ1) is 16.9. The number of rotatable bonds is 5. The summed E-state index contributed by atoms with van der Waals surface area (Å²) in [4.78, 5) is 33.1. The molecule has 2 heterocycles. The van der Waals surface area contributed by atoms with E-state index in [1.165, 1.54) is 40.5 Å². The van der Waals surface area contributed by atoms with Crippen LogP contribution in [-0.4, -0.2) is 32.0 Å². The van der Waals surface area contributed by atoms with Crippen LogP contribution in [0.3, 0.4) is 0 Å². The van der Waals surface area contributed by atoms with Crippen molar-refractivity contribution >= 4 is 28.7 Å². The van der Waals surface area contributed by atoms with E-state index in [4.69, 9.17) is 0 Å². The number of hydrogen-bond acceptors (Lipinski definition) is 7. The van der Waals surface area contributed by atoms with Gasteiger partial charge in [0.2, 0.25) is 5.78 Å². The standard InChI is InChI=1S/C27H20N2O5S/c1-15-25(35-26(28-15)16-8-3-2-4-9-16)23(32)21-22(17-10-7-11-18(30)14-17)29(27(34)24(21)33)19-12-5-6-13-20(19)31/h2-14,22,30-31,33H,1H3. The number of carbonyl (C=O) groups is 2. The molecule has 0 saturated heterocycles. The van der Waals surface area contributed by atoms with Gasteiger partial charge in [-0.3, -0.25) is 14.5 Å². The smallest absolute Gasteiger partial charge is 0.294 e. The van der Waals surface area contributed by atoms with Crippen LogP contribution in [-0.2, 0) is 4.79 Å². The Morgan fingerprint density at radius 2 is 1.66 bits per heavy atom. The minimum Gasteiger partial charge on any atom is -0.508 e. The summed E-state index contributed by atoms with van der Waals surface area (Å²) in [6.45, 7) is 1.70. The third-order valence-electron chi connectivity index (χ3n) is 5.80. The van der Waals surface area contributed by atoms with Crippen molar-refractivity contribution in [2.45, 2.75) is 13.0 Å². The van der Waals surface area contributed by atoms with E-state index in [1.54, 1.807) is 31.2 Å². The van der Waals surface area contributed by atoms with Crippen LogP contribution in [0.2, 0.25) is 0 Å². The molecule has 5 rings (SSSR count). The molecule has 1 amide bonds. The number of thiazole rings is 1. The number of phenols is 2. The summed E-state index contributed by atoms with van der Waals surface area (Å²) in [5.41, 5.74) is 1.71. The highest BCUT2D eigenvalue weighted by Gasteiger charge is 2.46. The number of aliphatic hydroxyl groups is 1. The summed E-state index contributed by atoms with van der Waals surface area (Å²) >= 11 is 1.18. The van der Waals surface area contributed by atoms with E-state index in [1.807, 2.05) is 30.3 Å². The summed E-state index contributed by atoms with van der Waals surface area (Å²) in [5.74, 6) is -2.33. The molecule has 0 aliphatic carbocycles. The molecule has 7 nitrogen and oxygen atoms in total. The van der Waals surface area contributed by atoms with E-state index in [9.17, 15) is 24.9 Å². The second kappa shape index (κ2) is 8.73. The molecule has 1 atom stereocenters. The number of ketones is 1. The lowest BCUT2D eigenvalue weighted by Crippen LogP contribution is -2.31. The highest BCUT2D eigenvalue weighted by atomic mass is 32.1. The van der Waals surface area contributed by atoms with Crippen molar-refractivity contribution in [3.05, 3.63) is 106 Å². The summed E-state index contributed by atoms with van der Waals surface area (Å²) < 4.78 is 0. The number of aliphatic hydroxyl groups excluding tert-OH is 1. The summed E-state index contributed by atoms with van der Waals surface area (Å²) in [7, 11) is 0. The fraction of sp³-hybridized carbons (Fsp3) is 0.0741. The molecule has 0 fully saturated rings. The first-order valence-electron chi connectivity index (χ1n) is 10.8. The fourth-order valence-electron chi connectivity index (χ4n) is 4.20. The number of aryl methyl sites for hydroxylation is 1. The highest BCUT2D eigenvalue weighted by Crippen LogP contribution is 2.45. The Morgan fingerprint density at radius 1 is 0.943 bits per heavy atom. The van der Waals surface area contributed by atoms with Gasteiger partial charge in [0.1, 0.15) is 16.5 Å². The summed E-state index contributed by atoms with van der Waals surface area (Å²) in [6, 6.07) is 20.6. The van der Waals surface area contributed by atoms with Crippen molar-refractivity contribution in [3.63, 3.8) is 0 Å². The lowest BCUT2D eigenvalue weighted by molar-refractivity contribution is -0.117. The topological polar surface area (TPSA) is 111 Å². The van der Waals surface area contributed by atoms with Crippen molar-refractivity contribution in [2.75, 3.05) is 4.90 Å². The van der Waals surface area contributed by atoms with Crippen LogP contribution in [0.15, 0.2) is 90.2 Å². The molecule has 0 radical (unpaired) electrons. The van der Waals surface area contributed by atoms with Crippen LogP contribution < -0.4 is 4.90 Å². The highest BCUT2D eigenvalue weighted by molar-refractivity contribution is 7.17. The second-order valence-electron chi connectivity index (χ2n) is 8.05. The van der Waals surface area contributed by atoms with Crippen LogP contribution in [0.4, 0.5) is 5.69 Å². The number of hydrogen-bond donors (Lipinski definition) is 3. The van der Waals surface area contributed by atoms with Crippen molar-refractivity contribution in [2.24, 2.45) is 0 Å². The summed E-state index contributed by atoms with van der Waals surface area (Å²) in [5, 5.41) is 32.2. The average Bonchev–Trinajstić information content (AvgIpc) is 3.37. The maximum atomic E-state index is 13.8. The van der Waals surface area contributed by atoms with E-state index in [0.717, 1.165) is 5.56 Å². The van der Waals surface area contributed by atoms with Crippen molar-refractivity contribution < 1.29 is 24.9 Å². The van der Waals surface area contributed by atoms with Crippen LogP contribution in [0.25, 0.3) is 10.6 Å². The van der Waals surface area contributed by atoms with Gasteiger partial charge in [0.15, 0.2) is 5.76 Å². The van der Waals surface area contributed by atoms with E-state index in [2.05, 4.69) is 4.98 Å². The average molecular weight is 485 g/mol. The second-order valence-corrected chi connectivity index (χ2v) is 9.05. The molecular weight excluding hydrogens is 464 g/mol. The predicted octanol–water partition coefficient (Wildman–Crippen LogP) is 5.31. The monoisotopic (exact) mass is 484 g/mol. The Balaban J connectivity index is 1.66. The number of phenolic OH excluding ortho intramolecular Hbond substituents is 2. The van der Waals surface area contributed by atoms with Crippen LogP contribution in [0.5, 0.6) is 11.5 Å². The number of amides is 1. The number of aromatic nitrogens is 1. The molecule has 1 aromatic heterocycles. The first kappa shape index (κ1) is 22.4. The molecule has 3 aromatic carbocycles. The van der Waals surface area contributed by atoms with Gasteiger partial charge in [-0.2, -0.15) is 0 Å². The molecule has 1 unspecified atom stereocenters. The molecule has 4 aromatic rings. The van der Waals surface area contributed by atoms with Gasteiger partial charge in [0, 0.05) is 5.56 Å². The molecule has 35 heavy (non-hydrogen) atoms. The fourth-order valence-corrected chi connectivity index (χ4v) is 5.22. The number of para-hydroxylation sites is 2. The molecule has 0 bridgehead atoms. The van der Waals surface area contributed by atoms with Gasteiger partial charge in [-0.15, -0.1) is 11.3 Å². The molecule has 3 N–H and O–H groups in total. The van der Waals surface area contributed by atoms with E-state index in [0.29, 0.717) is 21.1 Å². The van der Waals surface area contributed by atoms with E-state index < -0.39 is 23.5 Å². The minimum atomic E-state index is -1.07. The van der Waals surface area contributed by atoms with Gasteiger partial charge in [0.25, 0.3) is 5.91 Å². The number of benzene rings is 3. The van der Waals surface area contributed by atoms with Crippen LogP contribution in [0.1, 0.15) is 27.0 Å². The zero-order valence-corrected chi connectivity index (χ0v) is 19.4. The number of aromatic hydroxyl groups is 2. The molecular formula is C27H20N2O5S. The Labute approximate surface area is 204 Å². The molecule has 8 heteroatoms. The van der Waals surface area contributed by atoms with Crippen LogP contribution >= 0.6 is 11.3 Å². The Bertz CT molecular complexity index is 1490. The summed E-state index contributed by atoms with van der Waals surface area (Å²) in [6.07, 6.45) is 0. The van der Waals surface area contributed by atoms with Crippen LogP contribution in [0, 0.1) is 6.92 Å². The third-order valence-corrected chi connectivity index (χ3v) is 7.01. The SMILES string of the molecule is Cc1nc(-c2ccccc2)sc1C(=O)C1=C(O)C(=O)N(c2ccccc2O)C1c1cccc(O)c1. The first-order valence-corrected chi connectivity index (χ1v) is 11.6. The Kier molecular flexibility index (Phi) is 5.58. The van der Waals surface area contributed by atoms with Crippen molar-refractivity contribution in [3.8, 4) is 22.1 Å². The lowest BCUT2D eigenvalue weighted by atomic mass is 9.94. The zero-order chi connectivity index (χ0) is 24.7. The number of nitrogens with zero attached hydrogens (tertiary/aromatic N) is 2. The van der Waals surface area contributed by atoms with Gasteiger partial charge in [0.05, 0.1) is 27.9 Å². The molecule has 0 spiro atoms. The zero-order valence-electron chi connectivity index (χ0n) is 18.5. The number of Topliss-reactive ketones (excluding diaryl/α,β-unsaturated/α-hetero) is 1. The minimum absolute atomic E-state index is 0.0642. The Hall–Kier alpha value is -4.43. The number of anilines is 1. The lowest BCUT2D eigenvalue weighted by Gasteiger charge is -2.27. The van der Waals surface area contributed by atoms with Gasteiger partial charge in [-0.1, -0.05) is 54.6 Å². The van der Waals surface area contributed by atoms with Gasteiger partial charge in [-0.05, 0) is 36.8 Å². The quantitative estimate of drug-likeness (QED) is 0.331. The number of carbonyl (C=O) groups excluding carboxylic acids is 2. The largest absolute Gasteiger partial charge is 0.508 e. The van der Waals surface area contributed by atoms with Gasteiger partial charge >= 0.3 is 0 Å². The molecule has 1 aliphatic rings.